The number of hydrogen-bond acceptors (Lipinski definition) is 3. The number of carbonyl (C=O) groups excluding carboxylic acids is 2. The second kappa shape index (κ2) is 9.96. The van der Waals surface area contributed by atoms with Crippen molar-refractivity contribution in [2.24, 2.45) is 5.92 Å². The number of amides is 2. The molecule has 160 valence electrons. The molecule has 0 bridgehead atoms. The highest BCUT2D eigenvalue weighted by Gasteiger charge is 2.35. The molecule has 2 aromatic rings. The van der Waals surface area contributed by atoms with E-state index >= 15 is 0 Å². The van der Waals surface area contributed by atoms with Gasteiger partial charge in [0.15, 0.2) is 0 Å². The van der Waals surface area contributed by atoms with Crippen molar-refractivity contribution in [2.45, 2.75) is 70.5 Å². The summed E-state index contributed by atoms with van der Waals surface area (Å²) >= 11 is 0. The molecule has 5 nitrogen and oxygen atoms in total. The third kappa shape index (κ3) is 5.13. The molecular formula is C25H32N2O3. The summed E-state index contributed by atoms with van der Waals surface area (Å²) < 4.78 is 5.51. The molecular weight excluding hydrogens is 376 g/mol. The quantitative estimate of drug-likeness (QED) is 0.632. The largest absolute Gasteiger partial charge is 0.467 e. The fourth-order valence-electron chi connectivity index (χ4n) is 4.54. The zero-order valence-electron chi connectivity index (χ0n) is 17.7. The van der Waals surface area contributed by atoms with Crippen molar-refractivity contribution in [3.8, 4) is 0 Å². The fraction of sp³-hybridized carbons (Fsp3) is 0.520. The highest BCUT2D eigenvalue weighted by molar-refractivity contribution is 5.86. The van der Waals surface area contributed by atoms with Gasteiger partial charge >= 0.3 is 0 Å². The van der Waals surface area contributed by atoms with Crippen molar-refractivity contribution in [1.82, 2.24) is 9.80 Å². The molecule has 0 radical (unpaired) electrons. The highest BCUT2D eigenvalue weighted by atomic mass is 16.3. The Morgan fingerprint density at radius 3 is 2.27 bits per heavy atom. The molecule has 2 aliphatic rings. The Labute approximate surface area is 179 Å². The number of benzene rings is 1. The molecule has 30 heavy (non-hydrogen) atoms. The van der Waals surface area contributed by atoms with Crippen molar-refractivity contribution >= 4 is 11.8 Å². The summed E-state index contributed by atoms with van der Waals surface area (Å²) in [7, 11) is 0. The lowest BCUT2D eigenvalue weighted by molar-refractivity contribution is -0.148. The lowest BCUT2D eigenvalue weighted by Crippen LogP contribution is -2.50. The standard InChI is InChI=1S/C25H32N2O3/c28-24(19-27(22-13-5-2-6-14-22)25(29)21-11-7-12-21)26(18-23-15-8-16-30-23)17-20-9-3-1-4-10-20/h1,3-4,8-10,15-16,21-22H,2,5-7,11-14,17-19H2. The fourth-order valence-corrected chi connectivity index (χ4v) is 4.54. The number of furan rings is 1. The molecule has 0 aliphatic heterocycles. The molecule has 0 spiro atoms. The van der Waals surface area contributed by atoms with E-state index in [4.69, 9.17) is 4.42 Å². The van der Waals surface area contributed by atoms with E-state index in [2.05, 4.69) is 0 Å². The Hall–Kier alpha value is -2.56. The molecule has 2 fully saturated rings. The number of rotatable bonds is 8. The van der Waals surface area contributed by atoms with Crippen LogP contribution in [0.1, 0.15) is 62.7 Å². The van der Waals surface area contributed by atoms with E-state index in [1.807, 2.05) is 52.3 Å². The summed E-state index contributed by atoms with van der Waals surface area (Å²) in [4.78, 5) is 30.4. The maximum Gasteiger partial charge on any atom is 0.242 e. The molecule has 0 saturated heterocycles. The molecule has 2 aliphatic carbocycles. The molecule has 0 N–H and O–H groups in total. The molecule has 4 rings (SSSR count). The molecule has 0 unspecified atom stereocenters. The molecule has 5 heteroatoms. The Morgan fingerprint density at radius 2 is 1.63 bits per heavy atom. The summed E-state index contributed by atoms with van der Waals surface area (Å²) in [6.45, 7) is 1.10. The monoisotopic (exact) mass is 408 g/mol. The van der Waals surface area contributed by atoms with Gasteiger partial charge in [0.05, 0.1) is 12.8 Å². The van der Waals surface area contributed by atoms with Crippen LogP contribution in [-0.2, 0) is 22.7 Å². The number of nitrogens with zero attached hydrogens (tertiary/aromatic N) is 2. The summed E-state index contributed by atoms with van der Waals surface area (Å²) in [5.74, 6) is 1.06. The van der Waals surface area contributed by atoms with Gasteiger partial charge in [-0.2, -0.15) is 0 Å². The Morgan fingerprint density at radius 1 is 0.867 bits per heavy atom. The van der Waals surface area contributed by atoms with Crippen LogP contribution in [0.4, 0.5) is 0 Å². The second-order valence-corrected chi connectivity index (χ2v) is 8.70. The first kappa shape index (κ1) is 20.7. The average molecular weight is 409 g/mol. The number of hydrogen-bond donors (Lipinski definition) is 0. The van der Waals surface area contributed by atoms with Gasteiger partial charge in [-0.15, -0.1) is 0 Å². The topological polar surface area (TPSA) is 53.8 Å². The van der Waals surface area contributed by atoms with Crippen molar-refractivity contribution in [1.29, 1.82) is 0 Å². The van der Waals surface area contributed by atoms with Crippen molar-refractivity contribution in [2.75, 3.05) is 6.54 Å². The Kier molecular flexibility index (Phi) is 6.88. The Balaban J connectivity index is 1.50. The van der Waals surface area contributed by atoms with Gasteiger partial charge in [0.2, 0.25) is 11.8 Å². The van der Waals surface area contributed by atoms with E-state index in [0.717, 1.165) is 56.3 Å². The van der Waals surface area contributed by atoms with Gasteiger partial charge in [0.25, 0.3) is 0 Å². The molecule has 1 aromatic heterocycles. The third-order valence-electron chi connectivity index (χ3n) is 6.55. The van der Waals surface area contributed by atoms with E-state index in [0.29, 0.717) is 13.1 Å². The van der Waals surface area contributed by atoms with E-state index in [1.54, 1.807) is 6.26 Å². The first-order valence-corrected chi connectivity index (χ1v) is 11.4. The molecule has 2 saturated carbocycles. The van der Waals surface area contributed by atoms with Gasteiger partial charge < -0.3 is 14.2 Å². The highest BCUT2D eigenvalue weighted by Crippen LogP contribution is 2.31. The normalized spacial score (nSPS) is 17.3. The Bertz CT molecular complexity index is 808. The van der Waals surface area contributed by atoms with Crippen LogP contribution in [0.15, 0.2) is 53.1 Å². The number of carbonyl (C=O) groups is 2. The first-order valence-electron chi connectivity index (χ1n) is 11.4. The van der Waals surface area contributed by atoms with Crippen LogP contribution in [-0.4, -0.2) is 34.2 Å². The minimum Gasteiger partial charge on any atom is -0.467 e. The van der Waals surface area contributed by atoms with Gasteiger partial charge in [-0.1, -0.05) is 56.0 Å². The molecule has 2 amide bonds. The molecule has 1 aromatic carbocycles. The minimum atomic E-state index is -0.00602. The maximum absolute atomic E-state index is 13.5. The van der Waals surface area contributed by atoms with Gasteiger partial charge in [0, 0.05) is 18.5 Å². The average Bonchev–Trinajstić information content (AvgIpc) is 3.24. The first-order chi connectivity index (χ1) is 14.7. The van der Waals surface area contributed by atoms with Crippen LogP contribution in [0.25, 0.3) is 0 Å². The van der Waals surface area contributed by atoms with Crippen LogP contribution in [0.3, 0.4) is 0 Å². The summed E-state index contributed by atoms with van der Waals surface area (Å²) in [5, 5.41) is 0. The van der Waals surface area contributed by atoms with Gasteiger partial charge in [-0.25, -0.2) is 0 Å². The lowest BCUT2D eigenvalue weighted by atomic mass is 9.83. The summed E-state index contributed by atoms with van der Waals surface area (Å²) in [6, 6.07) is 13.9. The van der Waals surface area contributed by atoms with E-state index < -0.39 is 0 Å². The smallest absolute Gasteiger partial charge is 0.242 e. The maximum atomic E-state index is 13.5. The summed E-state index contributed by atoms with van der Waals surface area (Å²) in [6.07, 6.45) is 10.3. The van der Waals surface area contributed by atoms with Gasteiger partial charge in [-0.3, -0.25) is 9.59 Å². The van der Waals surface area contributed by atoms with Crippen LogP contribution in [0.2, 0.25) is 0 Å². The zero-order chi connectivity index (χ0) is 20.8. The van der Waals surface area contributed by atoms with E-state index in [1.165, 1.54) is 6.42 Å². The van der Waals surface area contributed by atoms with Crippen molar-refractivity contribution < 1.29 is 14.0 Å². The van der Waals surface area contributed by atoms with Gasteiger partial charge in [0.1, 0.15) is 12.3 Å². The second-order valence-electron chi connectivity index (χ2n) is 8.70. The molecule has 0 atom stereocenters. The predicted octanol–water partition coefficient (Wildman–Crippen LogP) is 4.77. The van der Waals surface area contributed by atoms with E-state index in [-0.39, 0.29) is 30.3 Å². The van der Waals surface area contributed by atoms with Crippen molar-refractivity contribution in [3.05, 3.63) is 60.1 Å². The van der Waals surface area contributed by atoms with Crippen LogP contribution < -0.4 is 0 Å². The predicted molar refractivity (Wildman–Crippen MR) is 115 cm³/mol. The van der Waals surface area contributed by atoms with E-state index in [9.17, 15) is 9.59 Å². The van der Waals surface area contributed by atoms with Crippen LogP contribution >= 0.6 is 0 Å². The molecule has 1 heterocycles. The van der Waals surface area contributed by atoms with Crippen molar-refractivity contribution in [3.63, 3.8) is 0 Å². The van der Waals surface area contributed by atoms with Crippen LogP contribution in [0, 0.1) is 5.92 Å². The van der Waals surface area contributed by atoms with Crippen LogP contribution in [0.5, 0.6) is 0 Å². The minimum absolute atomic E-state index is 0.00602. The SMILES string of the molecule is O=C(CN(C(=O)C1CCC1)C1CCCCC1)N(Cc1ccccc1)Cc1ccco1. The summed E-state index contributed by atoms with van der Waals surface area (Å²) in [5.41, 5.74) is 1.08. The third-order valence-corrected chi connectivity index (χ3v) is 6.55. The lowest BCUT2D eigenvalue weighted by Gasteiger charge is -2.39. The van der Waals surface area contributed by atoms with Gasteiger partial charge in [-0.05, 0) is 43.4 Å². The zero-order valence-corrected chi connectivity index (χ0v) is 17.7.